The van der Waals surface area contributed by atoms with E-state index in [-0.39, 0.29) is 19.3 Å². The van der Waals surface area contributed by atoms with Crippen molar-refractivity contribution in [2.24, 2.45) is 5.92 Å². The molecule has 0 saturated heterocycles. The molecular weight excluding hydrogens is 607 g/mol. The molecular formula is C36H75O7PS. The van der Waals surface area contributed by atoms with Crippen molar-refractivity contribution in [2.45, 2.75) is 188 Å². The van der Waals surface area contributed by atoms with Crippen LogP contribution in [-0.2, 0) is 19.7 Å². The molecule has 3 N–H and O–H groups in total. The Morgan fingerprint density at radius 1 is 0.556 bits per heavy atom. The van der Waals surface area contributed by atoms with Crippen LogP contribution in [0.2, 0.25) is 0 Å². The van der Waals surface area contributed by atoms with E-state index < -0.39 is 40.0 Å². The average Bonchev–Trinajstić information content (AvgIpc) is 2.99. The van der Waals surface area contributed by atoms with E-state index in [1.807, 2.05) is 0 Å². The maximum atomic E-state index is 12.1. The van der Waals surface area contributed by atoms with Gasteiger partial charge in [-0.25, -0.2) is 0 Å². The van der Waals surface area contributed by atoms with Gasteiger partial charge in [0.1, 0.15) is 0 Å². The Morgan fingerprint density at radius 2 is 0.889 bits per heavy atom. The van der Waals surface area contributed by atoms with Crippen molar-refractivity contribution in [1.82, 2.24) is 0 Å². The number of carbonyl (C=O) groups is 2. The predicted octanol–water partition coefficient (Wildman–Crippen LogP) is 10.8. The van der Waals surface area contributed by atoms with Gasteiger partial charge in [0.25, 0.3) is 10.1 Å². The van der Waals surface area contributed by atoms with E-state index in [0.29, 0.717) is 19.3 Å². The van der Waals surface area contributed by atoms with Crippen molar-refractivity contribution in [1.29, 1.82) is 0 Å². The van der Waals surface area contributed by atoms with Crippen LogP contribution in [0.3, 0.4) is 0 Å². The van der Waals surface area contributed by atoms with Gasteiger partial charge in [-0.1, -0.05) is 90.9 Å². The monoisotopic (exact) mass is 682 g/mol. The summed E-state index contributed by atoms with van der Waals surface area (Å²) < 4.78 is 31.3. The Kier molecular flexibility index (Phi) is 29.2. The first kappa shape index (κ1) is 46.4. The van der Waals surface area contributed by atoms with E-state index >= 15 is 0 Å². The molecule has 2 unspecified atom stereocenters. The van der Waals surface area contributed by atoms with Gasteiger partial charge in [0.15, 0.2) is 0 Å². The van der Waals surface area contributed by atoms with Gasteiger partial charge in [-0.05, 0) is 12.8 Å². The van der Waals surface area contributed by atoms with Gasteiger partial charge in [-0.2, -0.15) is 8.42 Å². The molecule has 0 aliphatic rings. The molecule has 2 atom stereocenters. The normalized spacial score (nSPS) is 14.3. The van der Waals surface area contributed by atoms with Gasteiger partial charge in [-0.15, -0.1) is 0 Å². The summed E-state index contributed by atoms with van der Waals surface area (Å²) in [5, 5.41) is 19.3. The van der Waals surface area contributed by atoms with Crippen LogP contribution in [0.5, 0.6) is 0 Å². The third-order valence-corrected chi connectivity index (χ3v) is 16.9. The molecule has 272 valence electrons. The van der Waals surface area contributed by atoms with Crippen molar-refractivity contribution in [2.75, 3.05) is 24.6 Å². The standard InChI is InChI=1S/C20H38O7S.C16H37P/c1-3-5-7-9-11-13-15-17(18(21)22)20(19(23)24,28(25,26)27)16-14-12-10-8-6-4-2;1-5-9-13-17(14-10-6-2,15-11-7-3)16-12-8-4/h17H,3-16H2,1-2H3,(H,21,22)(H,23,24)(H,25,26,27);17H,5-16H2,1-4H3. The first-order valence-electron chi connectivity index (χ1n) is 18.8. The van der Waals surface area contributed by atoms with Gasteiger partial charge in [0.05, 0.1) is 5.92 Å². The quantitative estimate of drug-likeness (QED) is 0.0390. The molecule has 0 aliphatic carbocycles. The van der Waals surface area contributed by atoms with Crippen LogP contribution in [0.4, 0.5) is 0 Å². The van der Waals surface area contributed by atoms with E-state index in [0.717, 1.165) is 51.4 Å². The van der Waals surface area contributed by atoms with E-state index in [9.17, 15) is 32.8 Å². The van der Waals surface area contributed by atoms with Crippen molar-refractivity contribution in [3.05, 3.63) is 0 Å². The number of hydrogen-bond donors (Lipinski definition) is 3. The first-order chi connectivity index (χ1) is 21.4. The molecule has 9 heteroatoms. The number of carboxylic acid groups (broad SMARTS) is 2. The van der Waals surface area contributed by atoms with Gasteiger partial charge >= 0.3 is 123 Å². The van der Waals surface area contributed by atoms with Crippen molar-refractivity contribution < 1.29 is 32.8 Å². The minimum atomic E-state index is -5.10. The summed E-state index contributed by atoms with van der Waals surface area (Å²) in [7, 11) is -5.98. The van der Waals surface area contributed by atoms with Crippen LogP contribution in [0.15, 0.2) is 0 Å². The summed E-state index contributed by atoms with van der Waals surface area (Å²) in [4.78, 5) is 23.8. The Morgan fingerprint density at radius 3 is 1.20 bits per heavy atom. The molecule has 0 aromatic rings. The summed E-state index contributed by atoms with van der Waals surface area (Å²) in [6.07, 6.45) is 27.6. The van der Waals surface area contributed by atoms with Crippen LogP contribution >= 0.6 is 7.26 Å². The maximum absolute atomic E-state index is 12.1. The van der Waals surface area contributed by atoms with Crippen molar-refractivity contribution >= 4 is 29.3 Å². The second-order valence-electron chi connectivity index (χ2n) is 13.5. The summed E-state index contributed by atoms with van der Waals surface area (Å²) in [6.45, 7) is 13.6. The zero-order valence-electron chi connectivity index (χ0n) is 30.3. The Hall–Kier alpha value is -0.720. The molecule has 0 aromatic carbocycles. The van der Waals surface area contributed by atoms with Crippen LogP contribution in [0, 0.1) is 5.92 Å². The Bertz CT molecular complexity index is 796. The molecule has 0 bridgehead atoms. The number of unbranched alkanes of at least 4 members (excludes halogenated alkanes) is 14. The molecule has 0 rings (SSSR count). The molecule has 0 aromatic heterocycles. The predicted molar refractivity (Wildman–Crippen MR) is 196 cm³/mol. The fraction of sp³-hybridized carbons (Fsp3) is 0.944. The fourth-order valence-electron chi connectivity index (χ4n) is 6.66. The van der Waals surface area contributed by atoms with E-state index in [4.69, 9.17) is 0 Å². The third-order valence-electron chi connectivity index (χ3n) is 9.67. The second-order valence-corrected chi connectivity index (χ2v) is 20.2. The molecule has 0 saturated carbocycles. The number of hydrogen-bond acceptors (Lipinski definition) is 4. The van der Waals surface area contributed by atoms with Gasteiger partial charge in [0.2, 0.25) is 4.75 Å². The molecule has 7 nitrogen and oxygen atoms in total. The Balaban J connectivity index is 0. The summed E-state index contributed by atoms with van der Waals surface area (Å²) in [5.74, 6) is -4.93. The van der Waals surface area contributed by atoms with E-state index in [1.165, 1.54) is 51.4 Å². The molecule has 45 heavy (non-hydrogen) atoms. The number of aliphatic carboxylic acids is 2. The topological polar surface area (TPSA) is 129 Å². The number of carboxylic acids is 2. The second kappa shape index (κ2) is 28.3. The van der Waals surface area contributed by atoms with Gasteiger partial charge < -0.3 is 10.2 Å². The average molecular weight is 683 g/mol. The molecule has 0 spiro atoms. The summed E-state index contributed by atoms with van der Waals surface area (Å²) in [6, 6.07) is 0. The van der Waals surface area contributed by atoms with Crippen molar-refractivity contribution in [3.63, 3.8) is 0 Å². The van der Waals surface area contributed by atoms with Crippen molar-refractivity contribution in [3.8, 4) is 0 Å². The number of rotatable bonds is 30. The molecule has 0 fully saturated rings. The third kappa shape index (κ3) is 19.6. The molecule has 0 amide bonds. The van der Waals surface area contributed by atoms with Crippen LogP contribution in [-0.4, -0.2) is 64.5 Å². The molecule has 0 heterocycles. The van der Waals surface area contributed by atoms with Crippen LogP contribution in [0.1, 0.15) is 183 Å². The van der Waals surface area contributed by atoms with Gasteiger partial charge in [0, 0.05) is 0 Å². The molecule has 0 aliphatic heterocycles. The summed E-state index contributed by atoms with van der Waals surface area (Å²) >= 11 is 0. The van der Waals surface area contributed by atoms with E-state index in [1.54, 1.807) is 24.6 Å². The van der Waals surface area contributed by atoms with Gasteiger partial charge in [-0.3, -0.25) is 14.1 Å². The van der Waals surface area contributed by atoms with E-state index in [2.05, 4.69) is 41.5 Å². The fourth-order valence-corrected chi connectivity index (χ4v) is 13.8. The summed E-state index contributed by atoms with van der Waals surface area (Å²) in [5.41, 5.74) is 0. The van der Waals surface area contributed by atoms with Crippen LogP contribution in [0.25, 0.3) is 0 Å². The Labute approximate surface area is 279 Å². The zero-order valence-corrected chi connectivity index (χ0v) is 32.2. The van der Waals surface area contributed by atoms with Crippen LogP contribution < -0.4 is 0 Å². The minimum absolute atomic E-state index is 0.0800. The molecule has 0 radical (unpaired) electrons. The first-order valence-corrected chi connectivity index (χ1v) is 23.1. The zero-order chi connectivity index (χ0) is 34.6. The SMILES string of the molecule is CCCCCCCCC(C(=O)O)C(CCCCCCCC)(C(=O)O)S(=O)(=O)O.CCCC[PH](CCCC)(CCCC)CCCC.